The van der Waals surface area contributed by atoms with Crippen molar-refractivity contribution in [2.75, 3.05) is 11.1 Å². The topological polar surface area (TPSA) is 50.9 Å². The van der Waals surface area contributed by atoms with E-state index in [1.165, 1.54) is 0 Å². The zero-order valence-corrected chi connectivity index (χ0v) is 10.7. The van der Waals surface area contributed by atoms with Gasteiger partial charge in [-0.15, -0.1) is 0 Å². The molecule has 0 spiro atoms. The second-order valence-electron chi connectivity index (χ2n) is 4.45. The zero-order valence-electron chi connectivity index (χ0n) is 10.7. The fraction of sp³-hybridized carbons (Fsp3) is 0. The fourth-order valence-corrected chi connectivity index (χ4v) is 2.07. The minimum atomic E-state index is -1.52. The molecular weight excluding hydrogens is 279 g/mol. The van der Waals surface area contributed by atoms with E-state index in [0.717, 1.165) is 12.1 Å². The number of nitrogens with two attached hydrogens (primary N) is 1. The first kappa shape index (κ1) is 13.2. The van der Waals surface area contributed by atoms with Crippen molar-refractivity contribution < 1.29 is 13.2 Å². The van der Waals surface area contributed by atoms with Crippen molar-refractivity contribution in [2.24, 2.45) is 0 Å². The maximum atomic E-state index is 13.7. The van der Waals surface area contributed by atoms with E-state index in [1.54, 1.807) is 30.5 Å². The Morgan fingerprint density at radius 1 is 0.905 bits per heavy atom. The van der Waals surface area contributed by atoms with E-state index in [-0.39, 0.29) is 5.69 Å². The molecule has 3 aromatic rings. The molecule has 0 saturated carbocycles. The number of nitrogens with one attached hydrogen (secondary N) is 1. The lowest BCUT2D eigenvalue weighted by molar-refractivity contribution is 0.449. The van der Waals surface area contributed by atoms with E-state index in [0.29, 0.717) is 22.3 Å². The molecule has 0 radical (unpaired) electrons. The molecule has 1 heterocycles. The third-order valence-electron chi connectivity index (χ3n) is 3.11. The predicted molar refractivity (Wildman–Crippen MR) is 75.8 cm³/mol. The van der Waals surface area contributed by atoms with Gasteiger partial charge in [0, 0.05) is 17.3 Å². The minimum Gasteiger partial charge on any atom is -0.397 e. The SMILES string of the molecule is Nc1ccc(Nc2ccc(F)c(F)c2F)c2cccnc12. The summed E-state index contributed by atoms with van der Waals surface area (Å²) in [5.41, 5.74) is 7.17. The monoisotopic (exact) mass is 289 g/mol. The Morgan fingerprint density at radius 3 is 2.48 bits per heavy atom. The van der Waals surface area contributed by atoms with Crippen LogP contribution in [0.3, 0.4) is 0 Å². The minimum absolute atomic E-state index is 0.163. The van der Waals surface area contributed by atoms with Crippen LogP contribution in [0.25, 0.3) is 10.9 Å². The van der Waals surface area contributed by atoms with Crippen molar-refractivity contribution in [1.29, 1.82) is 0 Å². The standard InChI is InChI=1S/C15H10F3N3/c16-9-3-5-12(14(18)13(9)17)21-11-6-4-10(19)15-8(11)2-1-7-20-15/h1-7,21H,19H2. The van der Waals surface area contributed by atoms with Crippen molar-refractivity contribution in [3.05, 3.63) is 60.0 Å². The second-order valence-corrected chi connectivity index (χ2v) is 4.45. The lowest BCUT2D eigenvalue weighted by Crippen LogP contribution is -2.00. The Balaban J connectivity index is 2.11. The van der Waals surface area contributed by atoms with E-state index >= 15 is 0 Å². The van der Waals surface area contributed by atoms with Crippen LogP contribution < -0.4 is 11.1 Å². The third-order valence-corrected chi connectivity index (χ3v) is 3.11. The number of hydrogen-bond acceptors (Lipinski definition) is 3. The van der Waals surface area contributed by atoms with Gasteiger partial charge in [0.25, 0.3) is 0 Å². The molecule has 3 rings (SSSR count). The van der Waals surface area contributed by atoms with Crippen LogP contribution in [0, 0.1) is 17.5 Å². The highest BCUT2D eigenvalue weighted by molar-refractivity contribution is 5.99. The van der Waals surface area contributed by atoms with Gasteiger partial charge in [-0.1, -0.05) is 0 Å². The molecule has 0 atom stereocenters. The van der Waals surface area contributed by atoms with E-state index < -0.39 is 17.5 Å². The Hall–Kier alpha value is -2.76. The highest BCUT2D eigenvalue weighted by Gasteiger charge is 2.14. The molecule has 1 aromatic heterocycles. The van der Waals surface area contributed by atoms with Gasteiger partial charge in [-0.05, 0) is 36.4 Å². The zero-order chi connectivity index (χ0) is 15.0. The molecule has 106 valence electrons. The molecule has 21 heavy (non-hydrogen) atoms. The summed E-state index contributed by atoms with van der Waals surface area (Å²) in [6.07, 6.45) is 1.58. The molecule has 6 heteroatoms. The van der Waals surface area contributed by atoms with Crippen molar-refractivity contribution >= 4 is 28.0 Å². The van der Waals surface area contributed by atoms with Gasteiger partial charge < -0.3 is 11.1 Å². The van der Waals surface area contributed by atoms with Crippen LogP contribution in [0.1, 0.15) is 0 Å². The number of anilines is 3. The first-order valence-corrected chi connectivity index (χ1v) is 6.11. The molecule has 0 fully saturated rings. The van der Waals surface area contributed by atoms with Crippen LogP contribution in [0.4, 0.5) is 30.2 Å². The fourth-order valence-electron chi connectivity index (χ4n) is 2.07. The molecule has 0 aliphatic heterocycles. The molecule has 0 bridgehead atoms. The number of pyridine rings is 1. The van der Waals surface area contributed by atoms with E-state index in [4.69, 9.17) is 5.73 Å². The normalized spacial score (nSPS) is 10.8. The predicted octanol–water partition coefficient (Wildman–Crippen LogP) is 3.98. The lowest BCUT2D eigenvalue weighted by atomic mass is 10.1. The van der Waals surface area contributed by atoms with Gasteiger partial charge in [0.05, 0.1) is 16.9 Å². The first-order valence-electron chi connectivity index (χ1n) is 6.11. The number of hydrogen-bond donors (Lipinski definition) is 2. The average Bonchev–Trinajstić information content (AvgIpc) is 2.50. The average molecular weight is 289 g/mol. The lowest BCUT2D eigenvalue weighted by Gasteiger charge is -2.12. The highest BCUT2D eigenvalue weighted by atomic mass is 19.2. The van der Waals surface area contributed by atoms with Crippen LogP contribution in [0.2, 0.25) is 0 Å². The number of rotatable bonds is 2. The number of aromatic nitrogens is 1. The maximum Gasteiger partial charge on any atom is 0.196 e. The summed E-state index contributed by atoms with van der Waals surface area (Å²) in [7, 11) is 0. The van der Waals surface area contributed by atoms with E-state index in [9.17, 15) is 13.2 Å². The summed E-state index contributed by atoms with van der Waals surface area (Å²) in [6.45, 7) is 0. The highest BCUT2D eigenvalue weighted by Crippen LogP contribution is 2.30. The summed E-state index contributed by atoms with van der Waals surface area (Å²) in [6, 6.07) is 8.67. The second kappa shape index (κ2) is 4.97. The molecular formula is C15H10F3N3. The number of nitrogen functional groups attached to an aromatic ring is 1. The van der Waals surface area contributed by atoms with Crippen molar-refractivity contribution in [3.63, 3.8) is 0 Å². The van der Waals surface area contributed by atoms with Gasteiger partial charge in [0.2, 0.25) is 0 Å². The molecule has 0 amide bonds. The number of halogens is 3. The van der Waals surface area contributed by atoms with Gasteiger partial charge in [-0.25, -0.2) is 13.2 Å². The van der Waals surface area contributed by atoms with Crippen LogP contribution in [0.15, 0.2) is 42.6 Å². The van der Waals surface area contributed by atoms with Gasteiger partial charge >= 0.3 is 0 Å². The van der Waals surface area contributed by atoms with Gasteiger partial charge in [-0.3, -0.25) is 4.98 Å². The molecule has 0 aliphatic carbocycles. The quantitative estimate of drug-likeness (QED) is 0.554. The largest absolute Gasteiger partial charge is 0.397 e. The number of fused-ring (bicyclic) bond motifs is 1. The van der Waals surface area contributed by atoms with Crippen LogP contribution in [-0.2, 0) is 0 Å². The molecule has 3 N–H and O–H groups in total. The maximum absolute atomic E-state index is 13.7. The Labute approximate surface area is 118 Å². The smallest absolute Gasteiger partial charge is 0.196 e. The number of benzene rings is 2. The van der Waals surface area contributed by atoms with E-state index in [1.807, 2.05) is 0 Å². The summed E-state index contributed by atoms with van der Waals surface area (Å²) >= 11 is 0. The first-order chi connectivity index (χ1) is 10.1. The summed E-state index contributed by atoms with van der Waals surface area (Å²) < 4.78 is 39.9. The van der Waals surface area contributed by atoms with Gasteiger partial charge in [0.1, 0.15) is 0 Å². The molecule has 0 saturated heterocycles. The molecule has 0 unspecified atom stereocenters. The Kier molecular flexibility index (Phi) is 3.13. The van der Waals surface area contributed by atoms with Crippen molar-refractivity contribution in [3.8, 4) is 0 Å². The third kappa shape index (κ3) is 2.24. The summed E-state index contributed by atoms with van der Waals surface area (Å²) in [4.78, 5) is 4.14. The van der Waals surface area contributed by atoms with Crippen LogP contribution >= 0.6 is 0 Å². The molecule has 0 aliphatic rings. The van der Waals surface area contributed by atoms with Crippen molar-refractivity contribution in [2.45, 2.75) is 0 Å². The van der Waals surface area contributed by atoms with Gasteiger partial charge in [0.15, 0.2) is 17.5 Å². The van der Waals surface area contributed by atoms with Crippen LogP contribution in [-0.4, -0.2) is 4.98 Å². The molecule has 2 aromatic carbocycles. The van der Waals surface area contributed by atoms with Gasteiger partial charge in [-0.2, -0.15) is 0 Å². The summed E-state index contributed by atoms with van der Waals surface area (Å²) in [5, 5.41) is 3.39. The number of nitrogens with zero attached hydrogens (tertiary/aromatic N) is 1. The summed E-state index contributed by atoms with van der Waals surface area (Å²) in [5.74, 6) is -4.02. The van der Waals surface area contributed by atoms with Crippen LogP contribution in [0.5, 0.6) is 0 Å². The Bertz CT molecular complexity index is 834. The van der Waals surface area contributed by atoms with E-state index in [2.05, 4.69) is 10.3 Å². The Morgan fingerprint density at radius 2 is 1.67 bits per heavy atom. The van der Waals surface area contributed by atoms with Crippen molar-refractivity contribution in [1.82, 2.24) is 4.98 Å². The molecule has 3 nitrogen and oxygen atoms in total.